The van der Waals surface area contributed by atoms with E-state index in [4.69, 9.17) is 37.4 Å². The van der Waals surface area contributed by atoms with Crippen LogP contribution in [0.5, 0.6) is 0 Å². The molecule has 0 aliphatic carbocycles. The average Bonchev–Trinajstić information content (AvgIpc) is 2.79. The lowest BCUT2D eigenvalue weighted by Gasteiger charge is -2.32. The number of rotatable bonds is 5. The fourth-order valence-electron chi connectivity index (χ4n) is 2.51. The highest BCUT2D eigenvalue weighted by atomic mass is 35.5. The van der Waals surface area contributed by atoms with Gasteiger partial charge in [-0.05, 0) is 47.0 Å². The molecule has 2 atom stereocenters. The largest absolute Gasteiger partial charge is 0.373 e. The van der Waals surface area contributed by atoms with Crippen molar-refractivity contribution in [2.24, 2.45) is 0 Å². The van der Waals surface area contributed by atoms with Gasteiger partial charge in [-0.3, -0.25) is 0 Å². The van der Waals surface area contributed by atoms with Crippen molar-refractivity contribution >= 4 is 23.2 Å². The van der Waals surface area contributed by atoms with Gasteiger partial charge in [0.05, 0.1) is 30.4 Å². The molecule has 1 saturated heterocycles. The number of likely N-dealkylation sites (N-methyl/N-ethyl adjacent to an activating group) is 1. The van der Waals surface area contributed by atoms with Crippen molar-refractivity contribution in [2.75, 3.05) is 33.9 Å². The van der Waals surface area contributed by atoms with Crippen molar-refractivity contribution in [1.82, 2.24) is 4.90 Å². The minimum atomic E-state index is -0.906. The molecule has 0 bridgehead atoms. The molecule has 1 aliphatic rings. The quantitative estimate of drug-likeness (QED) is 0.794. The van der Waals surface area contributed by atoms with Gasteiger partial charge in [-0.15, -0.1) is 0 Å². The van der Waals surface area contributed by atoms with Crippen LogP contribution in [0.4, 0.5) is 0 Å². The summed E-state index contributed by atoms with van der Waals surface area (Å²) in [7, 11) is 3.94. The molecule has 6 heteroatoms. The molecule has 0 N–H and O–H groups in total. The van der Waals surface area contributed by atoms with E-state index >= 15 is 0 Å². The lowest BCUT2D eigenvalue weighted by molar-refractivity contribution is -0.193. The highest BCUT2D eigenvalue weighted by Crippen LogP contribution is 2.39. The van der Waals surface area contributed by atoms with Crippen LogP contribution in [0, 0.1) is 0 Å². The predicted octanol–water partition coefficient (Wildman–Crippen LogP) is 3.94. The molecule has 0 aromatic heterocycles. The van der Waals surface area contributed by atoms with Gasteiger partial charge >= 0.3 is 0 Å². The number of benzene rings is 1. The zero-order chi connectivity index (χ0) is 17.3. The van der Waals surface area contributed by atoms with Crippen LogP contribution in [0.1, 0.15) is 26.3 Å². The first-order valence-corrected chi connectivity index (χ1v) is 8.43. The average molecular weight is 362 g/mol. The van der Waals surface area contributed by atoms with E-state index in [1.54, 1.807) is 12.1 Å². The molecule has 23 heavy (non-hydrogen) atoms. The lowest BCUT2D eigenvalue weighted by atomic mass is 10.1. The smallest absolute Gasteiger partial charge is 0.209 e. The number of halogens is 2. The second kappa shape index (κ2) is 7.26. The first-order valence-electron chi connectivity index (χ1n) is 7.67. The van der Waals surface area contributed by atoms with Crippen LogP contribution in [0.15, 0.2) is 18.2 Å². The first-order chi connectivity index (χ1) is 10.6. The molecule has 1 fully saturated rings. The van der Waals surface area contributed by atoms with E-state index in [0.29, 0.717) is 29.8 Å². The van der Waals surface area contributed by atoms with Gasteiger partial charge in [0.25, 0.3) is 0 Å². The van der Waals surface area contributed by atoms with E-state index < -0.39 is 5.79 Å². The van der Waals surface area contributed by atoms with Gasteiger partial charge in [0.15, 0.2) is 0 Å². The molecule has 0 radical (unpaired) electrons. The SMILES string of the molecule is CN(C)CC1(c2ccc(Cl)cc2Cl)OCC(COC(C)(C)C)O1. The van der Waals surface area contributed by atoms with Crippen molar-refractivity contribution in [2.45, 2.75) is 38.3 Å². The standard InChI is InChI=1S/C17H25Cl2NO3/c1-16(2,3)21-9-13-10-22-17(23-13,11-20(4)5)14-7-6-12(18)8-15(14)19/h6-8,13H,9-11H2,1-5H3. The summed E-state index contributed by atoms with van der Waals surface area (Å²) < 4.78 is 18.1. The molecule has 2 rings (SSSR count). The Kier molecular flexibility index (Phi) is 5.99. The fourth-order valence-corrected chi connectivity index (χ4v) is 3.07. The maximum atomic E-state index is 6.39. The van der Waals surface area contributed by atoms with Crippen LogP contribution < -0.4 is 0 Å². The minimum Gasteiger partial charge on any atom is -0.373 e. The Morgan fingerprint density at radius 1 is 1.30 bits per heavy atom. The van der Waals surface area contributed by atoms with Gasteiger partial charge in [-0.25, -0.2) is 0 Å². The Morgan fingerprint density at radius 3 is 2.57 bits per heavy atom. The molecule has 0 spiro atoms. The topological polar surface area (TPSA) is 30.9 Å². The molecule has 1 aromatic carbocycles. The van der Waals surface area contributed by atoms with E-state index in [2.05, 4.69) is 0 Å². The Labute approximate surface area is 148 Å². The number of nitrogens with zero attached hydrogens (tertiary/aromatic N) is 1. The van der Waals surface area contributed by atoms with E-state index in [-0.39, 0.29) is 11.7 Å². The molecular weight excluding hydrogens is 337 g/mol. The van der Waals surface area contributed by atoms with Gasteiger partial charge in [0.1, 0.15) is 6.10 Å². The van der Waals surface area contributed by atoms with Gasteiger partial charge in [0.2, 0.25) is 5.79 Å². The summed E-state index contributed by atoms with van der Waals surface area (Å²) in [5.74, 6) is -0.906. The Hall–Kier alpha value is -0.360. The van der Waals surface area contributed by atoms with Crippen LogP contribution in [0.3, 0.4) is 0 Å². The van der Waals surface area contributed by atoms with Crippen LogP contribution in [-0.4, -0.2) is 50.5 Å². The molecule has 4 nitrogen and oxygen atoms in total. The molecule has 2 unspecified atom stereocenters. The van der Waals surface area contributed by atoms with Crippen LogP contribution in [0.25, 0.3) is 0 Å². The van der Waals surface area contributed by atoms with Gasteiger partial charge in [-0.1, -0.05) is 29.3 Å². The Balaban J connectivity index is 2.21. The van der Waals surface area contributed by atoms with Crippen molar-refractivity contribution < 1.29 is 14.2 Å². The summed E-state index contributed by atoms with van der Waals surface area (Å²) in [4.78, 5) is 2.01. The monoisotopic (exact) mass is 361 g/mol. The van der Waals surface area contributed by atoms with E-state index in [1.807, 2.05) is 45.8 Å². The molecule has 1 heterocycles. The summed E-state index contributed by atoms with van der Waals surface area (Å²) >= 11 is 12.4. The normalized spacial score (nSPS) is 25.3. The third kappa shape index (κ3) is 5.05. The minimum absolute atomic E-state index is 0.138. The summed E-state index contributed by atoms with van der Waals surface area (Å²) in [6.07, 6.45) is -0.138. The molecule has 0 amide bonds. The molecule has 1 aliphatic heterocycles. The molecule has 130 valence electrons. The molecule has 1 aromatic rings. The van der Waals surface area contributed by atoms with Crippen LogP contribution in [-0.2, 0) is 20.0 Å². The third-order valence-electron chi connectivity index (χ3n) is 3.43. The first kappa shape index (κ1) is 19.0. The van der Waals surface area contributed by atoms with Crippen molar-refractivity contribution in [3.05, 3.63) is 33.8 Å². The van der Waals surface area contributed by atoms with E-state index in [0.717, 1.165) is 5.56 Å². The van der Waals surface area contributed by atoms with Gasteiger partial charge in [-0.2, -0.15) is 0 Å². The van der Waals surface area contributed by atoms with Crippen molar-refractivity contribution in [3.63, 3.8) is 0 Å². The lowest BCUT2D eigenvalue weighted by Crippen LogP contribution is -2.40. The maximum Gasteiger partial charge on any atom is 0.209 e. The van der Waals surface area contributed by atoms with Gasteiger partial charge in [0, 0.05) is 10.6 Å². The van der Waals surface area contributed by atoms with Crippen molar-refractivity contribution in [3.8, 4) is 0 Å². The van der Waals surface area contributed by atoms with Crippen molar-refractivity contribution in [1.29, 1.82) is 0 Å². The summed E-state index contributed by atoms with van der Waals surface area (Å²) in [6, 6.07) is 5.37. The summed E-state index contributed by atoms with van der Waals surface area (Å²) in [5, 5.41) is 1.13. The van der Waals surface area contributed by atoms with Crippen LogP contribution in [0.2, 0.25) is 10.0 Å². The van der Waals surface area contributed by atoms with E-state index in [9.17, 15) is 0 Å². The maximum absolute atomic E-state index is 6.39. The zero-order valence-corrected chi connectivity index (χ0v) is 15.9. The molecular formula is C17H25Cl2NO3. The second-order valence-electron chi connectivity index (χ2n) is 7.09. The highest BCUT2D eigenvalue weighted by molar-refractivity contribution is 6.35. The van der Waals surface area contributed by atoms with Gasteiger partial charge < -0.3 is 19.1 Å². The van der Waals surface area contributed by atoms with Crippen LogP contribution >= 0.6 is 23.2 Å². The Morgan fingerprint density at radius 2 is 2.00 bits per heavy atom. The third-order valence-corrected chi connectivity index (χ3v) is 3.98. The molecule has 0 saturated carbocycles. The number of ether oxygens (including phenoxy) is 3. The van der Waals surface area contributed by atoms with E-state index in [1.165, 1.54) is 0 Å². The predicted molar refractivity (Wildman–Crippen MR) is 93.2 cm³/mol. The zero-order valence-electron chi connectivity index (χ0n) is 14.4. The summed E-state index contributed by atoms with van der Waals surface area (Å²) in [6.45, 7) is 7.55. The Bertz CT molecular complexity index is 545. The number of hydrogen-bond donors (Lipinski definition) is 0. The summed E-state index contributed by atoms with van der Waals surface area (Å²) in [5.41, 5.74) is 0.573. The number of hydrogen-bond acceptors (Lipinski definition) is 4. The second-order valence-corrected chi connectivity index (χ2v) is 7.93. The fraction of sp³-hybridized carbons (Fsp3) is 0.647. The highest BCUT2D eigenvalue weighted by Gasteiger charge is 2.45.